The highest BCUT2D eigenvalue weighted by Crippen LogP contribution is 2.37. The minimum atomic E-state index is 0.903. The molecule has 1 aromatic heterocycles. The molecule has 0 radical (unpaired) electrons. The van der Waals surface area contributed by atoms with Crippen LogP contribution in [-0.4, -0.2) is 4.98 Å². The molecule has 0 atom stereocenters. The van der Waals surface area contributed by atoms with E-state index in [9.17, 15) is 0 Å². The Labute approximate surface area is 123 Å². The average Bonchev–Trinajstić information content (AvgIpc) is 2.97. The Hall–Kier alpha value is -1.86. The fourth-order valence-electron chi connectivity index (χ4n) is 3.08. The van der Waals surface area contributed by atoms with E-state index in [-0.39, 0.29) is 0 Å². The van der Waals surface area contributed by atoms with Crippen LogP contribution in [-0.2, 0) is 12.8 Å². The molecule has 0 amide bonds. The number of fused-ring (bicyclic) bond motifs is 2. The van der Waals surface area contributed by atoms with Crippen LogP contribution in [0.3, 0.4) is 0 Å². The molecule has 1 heterocycles. The van der Waals surface area contributed by atoms with Crippen molar-refractivity contribution in [1.82, 2.24) is 4.98 Å². The summed E-state index contributed by atoms with van der Waals surface area (Å²) in [5, 5.41) is 1.98. The van der Waals surface area contributed by atoms with Crippen molar-refractivity contribution in [2.45, 2.75) is 19.3 Å². The van der Waals surface area contributed by atoms with Gasteiger partial charge in [0.15, 0.2) is 0 Å². The number of aryl methyl sites for hydroxylation is 1. The minimum Gasteiger partial charge on any atom is -0.252 e. The lowest BCUT2D eigenvalue weighted by Gasteiger charge is -2.11. The number of pyridine rings is 1. The van der Waals surface area contributed by atoms with Crippen molar-refractivity contribution in [3.05, 3.63) is 64.8 Å². The molecule has 0 bridgehead atoms. The van der Waals surface area contributed by atoms with Crippen LogP contribution < -0.4 is 0 Å². The standard InChI is InChI=1S/C18H14ClN/c19-17-14-9-5-11-16(14)20-18-13(8-4-10-15(17)18)12-6-2-1-3-7-12/h1-4,6-8,10H,5,9,11H2. The largest absolute Gasteiger partial charge is 0.252 e. The van der Waals surface area contributed by atoms with E-state index in [2.05, 4.69) is 42.5 Å². The second-order valence-electron chi connectivity index (χ2n) is 5.27. The van der Waals surface area contributed by atoms with Crippen LogP contribution in [0.25, 0.3) is 22.0 Å². The summed E-state index contributed by atoms with van der Waals surface area (Å²) in [5.41, 5.74) is 5.83. The van der Waals surface area contributed by atoms with Crippen LogP contribution >= 0.6 is 11.6 Å². The van der Waals surface area contributed by atoms with Gasteiger partial charge >= 0.3 is 0 Å². The third-order valence-corrected chi connectivity index (χ3v) is 4.49. The molecule has 1 nitrogen and oxygen atoms in total. The highest BCUT2D eigenvalue weighted by molar-refractivity contribution is 6.36. The first-order valence-corrected chi connectivity index (χ1v) is 7.38. The Balaban J connectivity index is 2.07. The zero-order valence-electron chi connectivity index (χ0n) is 11.1. The summed E-state index contributed by atoms with van der Waals surface area (Å²) in [6, 6.07) is 16.7. The summed E-state index contributed by atoms with van der Waals surface area (Å²) in [6.07, 6.45) is 3.28. The van der Waals surface area contributed by atoms with Gasteiger partial charge in [0.1, 0.15) is 0 Å². The fourth-order valence-corrected chi connectivity index (χ4v) is 3.43. The van der Waals surface area contributed by atoms with Gasteiger partial charge in [0, 0.05) is 16.6 Å². The van der Waals surface area contributed by atoms with E-state index in [1.807, 2.05) is 6.07 Å². The molecule has 0 spiro atoms. The maximum Gasteiger partial charge on any atom is 0.0798 e. The summed E-state index contributed by atoms with van der Waals surface area (Å²) in [4.78, 5) is 4.91. The second kappa shape index (κ2) is 4.60. The van der Waals surface area contributed by atoms with Crippen molar-refractivity contribution >= 4 is 22.5 Å². The quantitative estimate of drug-likeness (QED) is 0.608. The predicted molar refractivity (Wildman–Crippen MR) is 84.2 cm³/mol. The third kappa shape index (κ3) is 1.74. The number of hydrogen-bond donors (Lipinski definition) is 0. The van der Waals surface area contributed by atoms with E-state index in [1.165, 1.54) is 28.8 Å². The van der Waals surface area contributed by atoms with Crippen molar-refractivity contribution in [2.75, 3.05) is 0 Å². The maximum absolute atomic E-state index is 6.61. The number of hydrogen-bond acceptors (Lipinski definition) is 1. The molecule has 2 aromatic carbocycles. The fraction of sp³-hybridized carbons (Fsp3) is 0.167. The molecular weight excluding hydrogens is 266 g/mol. The van der Waals surface area contributed by atoms with Crippen molar-refractivity contribution < 1.29 is 0 Å². The van der Waals surface area contributed by atoms with Crippen molar-refractivity contribution in [1.29, 1.82) is 0 Å². The number of para-hydroxylation sites is 1. The van der Waals surface area contributed by atoms with Gasteiger partial charge in [-0.1, -0.05) is 60.1 Å². The van der Waals surface area contributed by atoms with E-state index >= 15 is 0 Å². The van der Waals surface area contributed by atoms with E-state index < -0.39 is 0 Å². The third-order valence-electron chi connectivity index (χ3n) is 4.06. The van der Waals surface area contributed by atoms with Crippen LogP contribution in [0.4, 0.5) is 0 Å². The van der Waals surface area contributed by atoms with Crippen LogP contribution in [0.1, 0.15) is 17.7 Å². The Morgan fingerprint density at radius 1 is 0.900 bits per heavy atom. The molecule has 0 fully saturated rings. The molecule has 2 heteroatoms. The summed E-state index contributed by atoms with van der Waals surface area (Å²) < 4.78 is 0. The Bertz CT molecular complexity index is 793. The molecule has 0 unspecified atom stereocenters. The van der Waals surface area contributed by atoms with Gasteiger partial charge in [-0.15, -0.1) is 0 Å². The van der Waals surface area contributed by atoms with Crippen molar-refractivity contribution in [3.63, 3.8) is 0 Å². The van der Waals surface area contributed by atoms with Crippen LogP contribution in [0.2, 0.25) is 5.02 Å². The summed E-state index contributed by atoms with van der Waals surface area (Å²) >= 11 is 6.61. The molecular formula is C18H14ClN. The number of aromatic nitrogens is 1. The Kier molecular flexibility index (Phi) is 2.75. The predicted octanol–water partition coefficient (Wildman–Crippen LogP) is 5.04. The van der Waals surface area contributed by atoms with E-state index in [0.717, 1.165) is 28.8 Å². The first-order chi connectivity index (χ1) is 9.84. The lowest BCUT2D eigenvalue weighted by atomic mass is 10.0. The lowest BCUT2D eigenvalue weighted by Crippen LogP contribution is -1.94. The Morgan fingerprint density at radius 2 is 1.75 bits per heavy atom. The SMILES string of the molecule is Clc1c2c(nc3c(-c4ccccc4)cccc13)CCC2. The molecule has 3 aromatic rings. The van der Waals surface area contributed by atoms with E-state index in [4.69, 9.17) is 16.6 Å². The van der Waals surface area contributed by atoms with Crippen molar-refractivity contribution in [3.8, 4) is 11.1 Å². The van der Waals surface area contributed by atoms with Gasteiger partial charge in [-0.3, -0.25) is 4.98 Å². The topological polar surface area (TPSA) is 12.9 Å². The van der Waals surface area contributed by atoms with Gasteiger partial charge in [0.2, 0.25) is 0 Å². The smallest absolute Gasteiger partial charge is 0.0798 e. The first-order valence-electron chi connectivity index (χ1n) is 7.00. The summed E-state index contributed by atoms with van der Waals surface area (Å²) in [5.74, 6) is 0. The Morgan fingerprint density at radius 3 is 2.60 bits per heavy atom. The zero-order valence-corrected chi connectivity index (χ0v) is 11.8. The molecule has 0 aliphatic heterocycles. The van der Waals surface area contributed by atoms with Crippen LogP contribution in [0.15, 0.2) is 48.5 Å². The van der Waals surface area contributed by atoms with E-state index in [0.29, 0.717) is 0 Å². The highest BCUT2D eigenvalue weighted by Gasteiger charge is 2.19. The normalized spacial score (nSPS) is 13.7. The van der Waals surface area contributed by atoms with Gasteiger partial charge in [0.05, 0.1) is 10.5 Å². The number of benzene rings is 2. The van der Waals surface area contributed by atoms with Gasteiger partial charge < -0.3 is 0 Å². The zero-order chi connectivity index (χ0) is 13.5. The second-order valence-corrected chi connectivity index (χ2v) is 5.65. The van der Waals surface area contributed by atoms with Gasteiger partial charge in [-0.2, -0.15) is 0 Å². The highest BCUT2D eigenvalue weighted by atomic mass is 35.5. The molecule has 98 valence electrons. The molecule has 20 heavy (non-hydrogen) atoms. The lowest BCUT2D eigenvalue weighted by molar-refractivity contribution is 0.901. The molecule has 0 saturated carbocycles. The van der Waals surface area contributed by atoms with Gasteiger partial charge in [-0.05, 0) is 30.4 Å². The minimum absolute atomic E-state index is 0.903. The number of halogens is 1. The summed E-state index contributed by atoms with van der Waals surface area (Å²) in [7, 11) is 0. The molecule has 1 aliphatic rings. The average molecular weight is 280 g/mol. The molecule has 0 saturated heterocycles. The van der Waals surface area contributed by atoms with Gasteiger partial charge in [-0.25, -0.2) is 0 Å². The summed E-state index contributed by atoms with van der Waals surface area (Å²) in [6.45, 7) is 0. The number of nitrogens with zero attached hydrogens (tertiary/aromatic N) is 1. The van der Waals surface area contributed by atoms with E-state index in [1.54, 1.807) is 0 Å². The molecule has 1 aliphatic carbocycles. The van der Waals surface area contributed by atoms with Crippen molar-refractivity contribution in [2.24, 2.45) is 0 Å². The molecule has 4 rings (SSSR count). The number of rotatable bonds is 1. The van der Waals surface area contributed by atoms with Crippen LogP contribution in [0, 0.1) is 0 Å². The molecule has 0 N–H and O–H groups in total. The van der Waals surface area contributed by atoms with Crippen LogP contribution in [0.5, 0.6) is 0 Å². The monoisotopic (exact) mass is 279 g/mol. The maximum atomic E-state index is 6.61. The first kappa shape index (κ1) is 11.9. The van der Waals surface area contributed by atoms with Gasteiger partial charge in [0.25, 0.3) is 0 Å².